The van der Waals surface area contributed by atoms with Gasteiger partial charge in [0.05, 0.1) is 25.6 Å². The van der Waals surface area contributed by atoms with Gasteiger partial charge < -0.3 is 9.47 Å². The third-order valence-electron chi connectivity index (χ3n) is 5.14. The lowest BCUT2D eigenvalue weighted by molar-refractivity contribution is -0.167. The molecule has 2 aromatic rings. The van der Waals surface area contributed by atoms with Gasteiger partial charge in [-0.3, -0.25) is 29.3 Å². The van der Waals surface area contributed by atoms with Crippen LogP contribution in [0.5, 0.6) is 0 Å². The normalized spacial score (nSPS) is 21.8. The van der Waals surface area contributed by atoms with Crippen LogP contribution in [0.1, 0.15) is 11.4 Å². The molecule has 0 amide bonds. The number of aromatic nitrogens is 2. The highest BCUT2D eigenvalue weighted by molar-refractivity contribution is 6.10. The zero-order valence-electron chi connectivity index (χ0n) is 15.9. The maximum absolute atomic E-state index is 13.4. The molecule has 2 atom stereocenters. The van der Waals surface area contributed by atoms with E-state index in [2.05, 4.69) is 9.97 Å². The minimum absolute atomic E-state index is 0.0478. The molecule has 0 N–H and O–H groups in total. The fourth-order valence-electron chi connectivity index (χ4n) is 3.87. The number of esters is 2. The number of ether oxygens (including phenoxy) is 2. The van der Waals surface area contributed by atoms with Gasteiger partial charge in [0.1, 0.15) is 17.4 Å². The topological polar surface area (TPSA) is 98.7 Å². The number of hydrogen-bond donors (Lipinski definition) is 0. The molecule has 146 valence electrons. The Bertz CT molecular complexity index is 832. The molecule has 0 aromatic carbocycles. The molecule has 0 radical (unpaired) electrons. The first kappa shape index (κ1) is 19.6. The van der Waals surface area contributed by atoms with Gasteiger partial charge in [0, 0.05) is 18.9 Å². The molecule has 1 saturated heterocycles. The van der Waals surface area contributed by atoms with Gasteiger partial charge in [-0.15, -0.1) is 0 Å². The van der Waals surface area contributed by atoms with E-state index in [9.17, 15) is 14.4 Å². The average molecular weight is 383 g/mol. The first-order chi connectivity index (χ1) is 13.5. The van der Waals surface area contributed by atoms with Gasteiger partial charge in [-0.1, -0.05) is 12.1 Å². The Labute approximate surface area is 162 Å². The van der Waals surface area contributed by atoms with Crippen LogP contribution in [0, 0.1) is 11.8 Å². The zero-order valence-corrected chi connectivity index (χ0v) is 15.9. The molecule has 28 heavy (non-hydrogen) atoms. The predicted molar refractivity (Wildman–Crippen MR) is 97.9 cm³/mol. The lowest BCUT2D eigenvalue weighted by atomic mass is 9.68. The second-order valence-electron chi connectivity index (χ2n) is 6.51. The molecular formula is C20H21N3O5. The van der Waals surface area contributed by atoms with Crippen LogP contribution in [-0.2, 0) is 29.4 Å². The van der Waals surface area contributed by atoms with Gasteiger partial charge in [-0.25, -0.2) is 0 Å². The summed E-state index contributed by atoms with van der Waals surface area (Å²) in [6, 6.07) is 10.5. The summed E-state index contributed by atoms with van der Waals surface area (Å²) in [7, 11) is 4.14. The number of methoxy groups -OCH3 is 2. The van der Waals surface area contributed by atoms with E-state index in [4.69, 9.17) is 9.47 Å². The van der Waals surface area contributed by atoms with Gasteiger partial charge in [0.2, 0.25) is 0 Å². The number of rotatable bonds is 4. The molecule has 0 aliphatic carbocycles. The molecule has 8 heteroatoms. The Morgan fingerprint density at radius 1 is 1.00 bits per heavy atom. The lowest BCUT2D eigenvalue weighted by Crippen LogP contribution is -2.64. The maximum Gasteiger partial charge on any atom is 0.319 e. The van der Waals surface area contributed by atoms with E-state index in [0.717, 1.165) is 0 Å². The number of ketones is 1. The van der Waals surface area contributed by atoms with Crippen LogP contribution in [0.25, 0.3) is 0 Å². The highest BCUT2D eigenvalue weighted by Crippen LogP contribution is 2.45. The summed E-state index contributed by atoms with van der Waals surface area (Å²) in [5.74, 6) is -4.49. The molecule has 1 fully saturated rings. The lowest BCUT2D eigenvalue weighted by Gasteiger charge is -2.49. The molecule has 1 aliphatic rings. The van der Waals surface area contributed by atoms with E-state index in [0.29, 0.717) is 11.4 Å². The number of carbonyl (C=O) groups is 3. The third-order valence-corrected chi connectivity index (χ3v) is 5.14. The number of piperidine rings is 1. The molecular weight excluding hydrogens is 362 g/mol. The molecule has 2 aromatic heterocycles. The van der Waals surface area contributed by atoms with Crippen LogP contribution < -0.4 is 0 Å². The molecule has 3 rings (SSSR count). The number of Topliss-reactive ketones (excluding diaryl/α,β-unsaturated/α-hetero) is 1. The van der Waals surface area contributed by atoms with Crippen molar-refractivity contribution in [3.8, 4) is 0 Å². The van der Waals surface area contributed by atoms with E-state index < -0.39 is 35.1 Å². The zero-order chi connectivity index (χ0) is 20.3. The summed E-state index contributed by atoms with van der Waals surface area (Å²) in [5.41, 5.74) is -0.399. The summed E-state index contributed by atoms with van der Waals surface area (Å²) in [4.78, 5) is 49.0. The Morgan fingerprint density at radius 3 is 1.96 bits per heavy atom. The Kier molecular flexibility index (Phi) is 5.51. The van der Waals surface area contributed by atoms with Crippen molar-refractivity contribution < 1.29 is 23.9 Å². The first-order valence-electron chi connectivity index (χ1n) is 8.72. The SMILES string of the molecule is COC(=O)C1CN(C)C(c2ccccn2)(c2ccccn2)C(C(=O)OC)C1=O. The molecule has 0 bridgehead atoms. The van der Waals surface area contributed by atoms with Crippen molar-refractivity contribution in [2.24, 2.45) is 11.8 Å². The van der Waals surface area contributed by atoms with Gasteiger partial charge in [0.15, 0.2) is 5.78 Å². The van der Waals surface area contributed by atoms with E-state index in [1.807, 2.05) is 0 Å². The summed E-state index contributed by atoms with van der Waals surface area (Å²) >= 11 is 0. The van der Waals surface area contributed by atoms with Crippen LogP contribution >= 0.6 is 0 Å². The monoisotopic (exact) mass is 383 g/mol. The second kappa shape index (κ2) is 7.85. The smallest absolute Gasteiger partial charge is 0.319 e. The predicted octanol–water partition coefficient (Wildman–Crippen LogP) is 0.813. The third kappa shape index (κ3) is 2.95. The van der Waals surface area contributed by atoms with E-state index in [1.165, 1.54) is 14.2 Å². The molecule has 0 saturated carbocycles. The molecule has 0 spiro atoms. The van der Waals surface area contributed by atoms with E-state index in [1.54, 1.807) is 60.7 Å². The van der Waals surface area contributed by atoms with Crippen molar-refractivity contribution in [2.75, 3.05) is 27.8 Å². The molecule has 8 nitrogen and oxygen atoms in total. The van der Waals surface area contributed by atoms with Crippen molar-refractivity contribution in [2.45, 2.75) is 5.54 Å². The number of carbonyl (C=O) groups excluding carboxylic acids is 3. The summed E-state index contributed by atoms with van der Waals surface area (Å²) < 4.78 is 9.75. The molecule has 3 heterocycles. The molecule has 1 aliphatic heterocycles. The van der Waals surface area contributed by atoms with Crippen molar-refractivity contribution >= 4 is 17.7 Å². The van der Waals surface area contributed by atoms with E-state index >= 15 is 0 Å². The van der Waals surface area contributed by atoms with Gasteiger partial charge in [0.25, 0.3) is 0 Å². The van der Waals surface area contributed by atoms with Crippen LogP contribution in [0.2, 0.25) is 0 Å². The van der Waals surface area contributed by atoms with Gasteiger partial charge in [-0.05, 0) is 31.3 Å². The number of hydrogen-bond acceptors (Lipinski definition) is 8. The summed E-state index contributed by atoms with van der Waals surface area (Å²) in [6.45, 7) is 0.0478. The minimum Gasteiger partial charge on any atom is -0.468 e. The Balaban J connectivity index is 2.31. The first-order valence-corrected chi connectivity index (χ1v) is 8.72. The van der Waals surface area contributed by atoms with Crippen molar-refractivity contribution in [3.05, 3.63) is 60.2 Å². The fraction of sp³-hybridized carbons (Fsp3) is 0.350. The minimum atomic E-state index is -1.34. The quantitative estimate of drug-likeness (QED) is 0.565. The van der Waals surface area contributed by atoms with E-state index in [-0.39, 0.29) is 6.54 Å². The van der Waals surface area contributed by atoms with Crippen LogP contribution in [0.4, 0.5) is 0 Å². The highest BCUT2D eigenvalue weighted by Gasteiger charge is 2.61. The number of nitrogens with zero attached hydrogens (tertiary/aromatic N) is 3. The van der Waals surface area contributed by atoms with Crippen molar-refractivity contribution in [1.29, 1.82) is 0 Å². The van der Waals surface area contributed by atoms with Crippen molar-refractivity contribution in [3.63, 3.8) is 0 Å². The van der Waals surface area contributed by atoms with Gasteiger partial charge in [-0.2, -0.15) is 0 Å². The summed E-state index contributed by atoms with van der Waals surface area (Å²) in [5, 5.41) is 0. The fourth-order valence-corrected chi connectivity index (χ4v) is 3.87. The summed E-state index contributed by atoms with van der Waals surface area (Å²) in [6.07, 6.45) is 3.16. The highest BCUT2D eigenvalue weighted by atomic mass is 16.5. The number of pyridine rings is 2. The van der Waals surface area contributed by atoms with Crippen LogP contribution in [-0.4, -0.2) is 60.4 Å². The average Bonchev–Trinajstić information content (AvgIpc) is 2.75. The number of likely N-dealkylation sites (tertiary alicyclic amines) is 1. The van der Waals surface area contributed by atoms with Crippen LogP contribution in [0.3, 0.4) is 0 Å². The molecule has 2 unspecified atom stereocenters. The standard InChI is InChI=1S/C20H21N3O5/c1-23-12-13(18(25)27-2)17(24)16(19(26)28-3)20(23,14-8-4-6-10-21-14)15-9-5-7-11-22-15/h4-11,13,16H,12H2,1-3H3. The maximum atomic E-state index is 13.4. The van der Waals surface area contributed by atoms with Crippen molar-refractivity contribution in [1.82, 2.24) is 14.9 Å². The Hall–Kier alpha value is -3.13. The Morgan fingerprint density at radius 2 is 1.54 bits per heavy atom. The largest absolute Gasteiger partial charge is 0.468 e. The van der Waals surface area contributed by atoms with Gasteiger partial charge >= 0.3 is 11.9 Å². The van der Waals surface area contributed by atoms with Crippen LogP contribution in [0.15, 0.2) is 48.8 Å². The second-order valence-corrected chi connectivity index (χ2v) is 6.51.